The molecule has 1 aromatic carbocycles. The minimum Gasteiger partial charge on any atom is -0.0894 e. The van der Waals surface area contributed by atoms with Crippen molar-refractivity contribution in [2.24, 2.45) is 0 Å². The quantitative estimate of drug-likeness (QED) is 0.457. The third-order valence-corrected chi connectivity index (χ3v) is 3.80. The van der Waals surface area contributed by atoms with Gasteiger partial charge in [-0.05, 0) is 30.9 Å². The van der Waals surface area contributed by atoms with Crippen LogP contribution in [0.5, 0.6) is 0 Å². The second kappa shape index (κ2) is 6.49. The largest absolute Gasteiger partial charge is 0.0906 e. The lowest BCUT2D eigenvalue weighted by Crippen LogP contribution is -2.00. The van der Waals surface area contributed by atoms with Crippen LogP contribution < -0.4 is 0 Å². The molecule has 0 spiro atoms. The van der Waals surface area contributed by atoms with Crippen molar-refractivity contribution in [1.82, 2.24) is 0 Å². The summed E-state index contributed by atoms with van der Waals surface area (Å²) < 4.78 is 0. The van der Waals surface area contributed by atoms with Gasteiger partial charge in [0.05, 0.1) is 22.8 Å². The first kappa shape index (κ1) is 15.2. The van der Waals surface area contributed by atoms with Crippen LogP contribution in [0.2, 0.25) is 0 Å². The molecule has 1 aliphatic rings. The van der Waals surface area contributed by atoms with Crippen molar-refractivity contribution >= 4 is 5.57 Å². The average molecular weight is 275 g/mol. The number of aryl methyl sites for hydroxylation is 1. The van der Waals surface area contributed by atoms with Crippen molar-refractivity contribution in [3.8, 4) is 0 Å². The van der Waals surface area contributed by atoms with Gasteiger partial charge in [0.25, 0.3) is 0 Å². The van der Waals surface area contributed by atoms with Crippen LogP contribution in [0.4, 0.5) is 0 Å². The van der Waals surface area contributed by atoms with Crippen LogP contribution in [-0.2, 0) is 0 Å². The lowest BCUT2D eigenvalue weighted by molar-refractivity contribution is 0.912. The Bertz CT molecular complexity index is 633. The Morgan fingerprint density at radius 3 is 2.33 bits per heavy atom. The van der Waals surface area contributed by atoms with Gasteiger partial charge < -0.3 is 0 Å². The molecule has 1 aromatic rings. The highest BCUT2D eigenvalue weighted by atomic mass is 14.2. The Kier molecular flexibility index (Phi) is 4.70. The topological polar surface area (TPSA) is 0 Å². The molecule has 0 unspecified atom stereocenters. The summed E-state index contributed by atoms with van der Waals surface area (Å²) in [6, 6.07) is 8.39. The van der Waals surface area contributed by atoms with Gasteiger partial charge in [-0.25, -0.2) is 0 Å². The molecule has 21 heavy (non-hydrogen) atoms. The van der Waals surface area contributed by atoms with Crippen LogP contribution in [0.25, 0.3) is 5.57 Å². The highest BCUT2D eigenvalue weighted by Gasteiger charge is 2.21. The molecule has 0 heteroatoms. The predicted octanol–water partition coefficient (Wildman–Crippen LogP) is 5.99. The van der Waals surface area contributed by atoms with E-state index in [4.69, 9.17) is 0 Å². The van der Waals surface area contributed by atoms with Gasteiger partial charge >= 0.3 is 0 Å². The van der Waals surface area contributed by atoms with E-state index in [9.17, 15) is 0 Å². The van der Waals surface area contributed by atoms with Crippen LogP contribution in [-0.4, -0.2) is 0 Å². The van der Waals surface area contributed by atoms with Crippen LogP contribution in [0, 0.1) is 13.3 Å². The van der Waals surface area contributed by atoms with Crippen molar-refractivity contribution in [3.05, 3.63) is 96.0 Å². The molecule has 106 valence electrons. The Labute approximate surface area is 128 Å². The molecule has 0 N–H and O–H groups in total. The number of rotatable bonds is 5. The molecule has 0 bridgehead atoms. The number of benzene rings is 1. The fourth-order valence-corrected chi connectivity index (χ4v) is 2.48. The molecule has 0 amide bonds. The predicted molar refractivity (Wildman–Crippen MR) is 93.9 cm³/mol. The van der Waals surface area contributed by atoms with E-state index >= 15 is 0 Å². The molecular weight excluding hydrogens is 252 g/mol. The Hall–Kier alpha value is -2.21. The molecule has 1 aliphatic carbocycles. The minimum absolute atomic E-state index is 0.951. The van der Waals surface area contributed by atoms with Gasteiger partial charge in [0.1, 0.15) is 0 Å². The normalized spacial score (nSPS) is 14.1. The summed E-state index contributed by atoms with van der Waals surface area (Å²) >= 11 is 0. The van der Waals surface area contributed by atoms with Crippen molar-refractivity contribution in [1.29, 1.82) is 0 Å². The molecular formula is C21H23+. The van der Waals surface area contributed by atoms with E-state index in [-0.39, 0.29) is 0 Å². The molecule has 0 aromatic heterocycles. The first-order valence-corrected chi connectivity index (χ1v) is 7.43. The maximum absolute atomic E-state index is 4.22. The molecule has 0 heterocycles. The number of hydrogen-bond acceptors (Lipinski definition) is 0. The highest BCUT2D eigenvalue weighted by Crippen LogP contribution is 2.34. The van der Waals surface area contributed by atoms with E-state index in [2.05, 4.69) is 76.4 Å². The SMILES string of the molecule is C=C1C=C(CCC)[CH+]C=C1C(=C)C(=C)c1ccc(C)cc1. The van der Waals surface area contributed by atoms with Crippen LogP contribution >= 0.6 is 0 Å². The standard InChI is InChI=1S/C21H23/c1-6-7-19-10-13-21(16(3)14-19)18(5)17(4)20-11-8-15(2)9-12-20/h8-14H,3-7H2,1-2H3/q+1. The molecule has 0 saturated carbocycles. The second-order valence-electron chi connectivity index (χ2n) is 5.56. The Balaban J connectivity index is 2.16. The van der Waals surface area contributed by atoms with Crippen LogP contribution in [0.3, 0.4) is 0 Å². The molecule has 0 aliphatic heterocycles. The van der Waals surface area contributed by atoms with Crippen LogP contribution in [0.1, 0.15) is 30.9 Å². The third-order valence-electron chi connectivity index (χ3n) is 3.80. The van der Waals surface area contributed by atoms with Crippen LogP contribution in [0.15, 0.2) is 78.4 Å². The van der Waals surface area contributed by atoms with E-state index < -0.39 is 0 Å². The number of allylic oxidation sites excluding steroid dienone is 7. The second-order valence-corrected chi connectivity index (χ2v) is 5.56. The van der Waals surface area contributed by atoms with Crippen molar-refractivity contribution < 1.29 is 0 Å². The molecule has 0 fully saturated rings. The summed E-state index contributed by atoms with van der Waals surface area (Å²) in [5, 5.41) is 0. The van der Waals surface area contributed by atoms with Gasteiger partial charge in [0, 0.05) is 18.1 Å². The third kappa shape index (κ3) is 3.46. The Morgan fingerprint density at radius 1 is 1.10 bits per heavy atom. The summed E-state index contributed by atoms with van der Waals surface area (Å²) in [6.07, 6.45) is 8.69. The monoisotopic (exact) mass is 275 g/mol. The van der Waals surface area contributed by atoms with E-state index in [0.29, 0.717) is 0 Å². The van der Waals surface area contributed by atoms with Gasteiger partial charge in [-0.15, -0.1) is 0 Å². The maximum atomic E-state index is 4.22. The van der Waals surface area contributed by atoms with Crippen molar-refractivity contribution in [3.63, 3.8) is 0 Å². The van der Waals surface area contributed by atoms with E-state index in [0.717, 1.165) is 40.7 Å². The van der Waals surface area contributed by atoms with E-state index in [1.807, 2.05) is 0 Å². The molecule has 0 nitrogen and oxygen atoms in total. The lowest BCUT2D eigenvalue weighted by atomic mass is 9.85. The average Bonchev–Trinajstić information content (AvgIpc) is 2.47. The van der Waals surface area contributed by atoms with E-state index in [1.165, 1.54) is 11.1 Å². The van der Waals surface area contributed by atoms with Gasteiger partial charge in [-0.2, -0.15) is 0 Å². The molecule has 0 radical (unpaired) electrons. The Morgan fingerprint density at radius 2 is 1.76 bits per heavy atom. The van der Waals surface area contributed by atoms with Crippen molar-refractivity contribution in [2.45, 2.75) is 26.7 Å². The van der Waals surface area contributed by atoms with Gasteiger partial charge in [0.2, 0.25) is 0 Å². The zero-order valence-corrected chi connectivity index (χ0v) is 13.1. The zero-order valence-electron chi connectivity index (χ0n) is 13.1. The van der Waals surface area contributed by atoms with Gasteiger partial charge in [0.15, 0.2) is 0 Å². The summed E-state index contributed by atoms with van der Waals surface area (Å²) in [5.74, 6) is 0. The fourth-order valence-electron chi connectivity index (χ4n) is 2.48. The molecule has 0 atom stereocenters. The first-order chi connectivity index (χ1) is 10.0. The van der Waals surface area contributed by atoms with Gasteiger partial charge in [-0.1, -0.05) is 56.5 Å². The lowest BCUT2D eigenvalue weighted by Gasteiger charge is -2.13. The molecule has 0 saturated heterocycles. The summed E-state index contributed by atoms with van der Waals surface area (Å²) in [6.45, 7) is 16.9. The first-order valence-electron chi connectivity index (χ1n) is 7.43. The summed E-state index contributed by atoms with van der Waals surface area (Å²) in [4.78, 5) is 0. The highest BCUT2D eigenvalue weighted by molar-refractivity contribution is 5.84. The molecule has 2 rings (SSSR count). The maximum Gasteiger partial charge on any atom is 0.0906 e. The smallest absolute Gasteiger partial charge is 0.0894 e. The van der Waals surface area contributed by atoms with E-state index in [1.54, 1.807) is 0 Å². The summed E-state index contributed by atoms with van der Waals surface area (Å²) in [5.41, 5.74) is 7.72. The van der Waals surface area contributed by atoms with Gasteiger partial charge in [-0.3, -0.25) is 0 Å². The fraction of sp³-hybridized carbons (Fsp3) is 0.190. The summed E-state index contributed by atoms with van der Waals surface area (Å²) in [7, 11) is 0. The van der Waals surface area contributed by atoms with Crippen molar-refractivity contribution in [2.75, 3.05) is 0 Å². The zero-order chi connectivity index (χ0) is 15.4. The minimum atomic E-state index is 0.951. The number of hydrogen-bond donors (Lipinski definition) is 0.